The number of piperazine rings is 1. The summed E-state index contributed by atoms with van der Waals surface area (Å²) in [5.74, 6) is 1.84. The molecule has 2 saturated heterocycles. The molecule has 9 nitrogen and oxygen atoms in total. The highest BCUT2D eigenvalue weighted by Gasteiger charge is 2.23. The molecule has 1 atom stereocenters. The van der Waals surface area contributed by atoms with Gasteiger partial charge < -0.3 is 25.0 Å². The third kappa shape index (κ3) is 7.08. The molecule has 0 spiro atoms. The van der Waals surface area contributed by atoms with Gasteiger partial charge in [-0.1, -0.05) is 12.1 Å². The van der Waals surface area contributed by atoms with Crippen molar-refractivity contribution in [2.45, 2.75) is 13.0 Å². The van der Waals surface area contributed by atoms with Crippen molar-refractivity contribution in [2.75, 3.05) is 86.3 Å². The van der Waals surface area contributed by atoms with Crippen LogP contribution in [-0.4, -0.2) is 113 Å². The second-order valence-corrected chi connectivity index (χ2v) is 8.16. The van der Waals surface area contributed by atoms with Gasteiger partial charge in [-0.2, -0.15) is 0 Å². The summed E-state index contributed by atoms with van der Waals surface area (Å²) >= 11 is 0. The lowest BCUT2D eigenvalue weighted by Crippen LogP contribution is -2.51. The number of rotatable bonds is 8. The highest BCUT2D eigenvalue weighted by Crippen LogP contribution is 2.23. The molecular weight excluding hydrogens is 408 g/mol. The SMILES string of the molecule is CN=C(NCCN1CCN(C(C)=O)CC1)NCC(c1ccc(OC)cc1)N1CCOCC1. The van der Waals surface area contributed by atoms with E-state index in [0.717, 1.165) is 83.8 Å². The molecule has 2 fully saturated rings. The van der Waals surface area contributed by atoms with Gasteiger partial charge in [-0.05, 0) is 17.7 Å². The first kappa shape index (κ1) is 24.3. The summed E-state index contributed by atoms with van der Waals surface area (Å²) in [6.45, 7) is 10.9. The van der Waals surface area contributed by atoms with E-state index in [0.29, 0.717) is 0 Å². The summed E-state index contributed by atoms with van der Waals surface area (Å²) in [5, 5.41) is 6.94. The minimum Gasteiger partial charge on any atom is -0.497 e. The Morgan fingerprint density at radius 3 is 2.38 bits per heavy atom. The summed E-state index contributed by atoms with van der Waals surface area (Å²) in [7, 11) is 3.49. The zero-order valence-electron chi connectivity index (χ0n) is 19.7. The molecule has 178 valence electrons. The molecule has 2 aliphatic heterocycles. The molecule has 0 saturated carbocycles. The van der Waals surface area contributed by atoms with Crippen LogP contribution in [0.5, 0.6) is 5.75 Å². The third-order valence-corrected chi connectivity index (χ3v) is 6.21. The second-order valence-electron chi connectivity index (χ2n) is 8.16. The van der Waals surface area contributed by atoms with Crippen molar-refractivity contribution < 1.29 is 14.3 Å². The zero-order chi connectivity index (χ0) is 22.8. The van der Waals surface area contributed by atoms with Crippen molar-refractivity contribution in [1.29, 1.82) is 0 Å². The normalized spacial score (nSPS) is 19.5. The molecule has 2 heterocycles. The molecule has 32 heavy (non-hydrogen) atoms. The standard InChI is InChI=1S/C23H38N6O3/c1-19(30)28-12-10-27(11-13-28)9-8-25-23(24-2)26-18-22(29-14-16-32-17-15-29)20-4-6-21(31-3)7-5-20/h4-7,22H,8-18H2,1-3H3,(H2,24,25,26). The third-order valence-electron chi connectivity index (χ3n) is 6.21. The highest BCUT2D eigenvalue weighted by atomic mass is 16.5. The fourth-order valence-corrected chi connectivity index (χ4v) is 4.21. The number of nitrogens with one attached hydrogen (secondary N) is 2. The summed E-state index contributed by atoms with van der Waals surface area (Å²) in [5.41, 5.74) is 1.25. The van der Waals surface area contributed by atoms with Crippen LogP contribution in [0.1, 0.15) is 18.5 Å². The van der Waals surface area contributed by atoms with E-state index < -0.39 is 0 Å². The van der Waals surface area contributed by atoms with Gasteiger partial charge in [-0.3, -0.25) is 19.6 Å². The van der Waals surface area contributed by atoms with Crippen LogP contribution < -0.4 is 15.4 Å². The molecule has 3 rings (SSSR count). The number of aliphatic imine (C=N–C) groups is 1. The average Bonchev–Trinajstić information content (AvgIpc) is 2.84. The predicted molar refractivity (Wildman–Crippen MR) is 126 cm³/mol. The Hall–Kier alpha value is -2.36. The predicted octanol–water partition coefficient (Wildman–Crippen LogP) is 0.398. The number of morpholine rings is 1. The number of methoxy groups -OCH3 is 1. The molecule has 2 aliphatic rings. The maximum Gasteiger partial charge on any atom is 0.219 e. The van der Waals surface area contributed by atoms with E-state index in [2.05, 4.69) is 37.6 Å². The van der Waals surface area contributed by atoms with Gasteiger partial charge >= 0.3 is 0 Å². The second kappa shape index (κ2) is 12.6. The highest BCUT2D eigenvalue weighted by molar-refractivity contribution is 5.79. The monoisotopic (exact) mass is 446 g/mol. The zero-order valence-corrected chi connectivity index (χ0v) is 19.7. The van der Waals surface area contributed by atoms with Crippen molar-refractivity contribution in [1.82, 2.24) is 25.3 Å². The fourth-order valence-electron chi connectivity index (χ4n) is 4.21. The quantitative estimate of drug-likeness (QED) is 0.442. The lowest BCUT2D eigenvalue weighted by molar-refractivity contribution is -0.130. The average molecular weight is 447 g/mol. The number of ether oxygens (including phenoxy) is 2. The Morgan fingerprint density at radius 1 is 1.09 bits per heavy atom. The number of carbonyl (C=O) groups is 1. The molecule has 0 aliphatic carbocycles. The van der Waals surface area contributed by atoms with Gasteiger partial charge in [0, 0.05) is 72.9 Å². The first-order valence-electron chi connectivity index (χ1n) is 11.5. The Morgan fingerprint density at radius 2 is 1.78 bits per heavy atom. The number of guanidine groups is 1. The van der Waals surface area contributed by atoms with Crippen LogP contribution in [-0.2, 0) is 9.53 Å². The number of hydrogen-bond acceptors (Lipinski definition) is 6. The van der Waals surface area contributed by atoms with Crippen molar-refractivity contribution >= 4 is 11.9 Å². The largest absolute Gasteiger partial charge is 0.497 e. The van der Waals surface area contributed by atoms with Gasteiger partial charge in [0.1, 0.15) is 5.75 Å². The van der Waals surface area contributed by atoms with E-state index >= 15 is 0 Å². The number of nitrogens with zero attached hydrogens (tertiary/aromatic N) is 4. The number of hydrogen-bond donors (Lipinski definition) is 2. The van der Waals surface area contributed by atoms with E-state index in [1.165, 1.54) is 5.56 Å². The number of benzene rings is 1. The van der Waals surface area contributed by atoms with Gasteiger partial charge in [0.15, 0.2) is 5.96 Å². The Kier molecular flexibility index (Phi) is 9.58. The molecule has 0 radical (unpaired) electrons. The van der Waals surface area contributed by atoms with Gasteiger partial charge in [-0.15, -0.1) is 0 Å². The van der Waals surface area contributed by atoms with E-state index in [1.807, 2.05) is 17.0 Å². The lowest BCUT2D eigenvalue weighted by atomic mass is 10.0. The Balaban J connectivity index is 1.49. The van der Waals surface area contributed by atoms with Crippen LogP contribution in [0, 0.1) is 0 Å². The van der Waals surface area contributed by atoms with E-state index in [9.17, 15) is 4.79 Å². The van der Waals surface area contributed by atoms with Crippen molar-refractivity contribution in [3.8, 4) is 5.75 Å². The van der Waals surface area contributed by atoms with Crippen LogP contribution in [0.15, 0.2) is 29.3 Å². The van der Waals surface area contributed by atoms with Gasteiger partial charge in [0.25, 0.3) is 0 Å². The Labute approximate surface area is 191 Å². The lowest BCUT2D eigenvalue weighted by Gasteiger charge is -2.35. The summed E-state index contributed by atoms with van der Waals surface area (Å²) in [4.78, 5) is 22.6. The van der Waals surface area contributed by atoms with Crippen LogP contribution in [0.3, 0.4) is 0 Å². The van der Waals surface area contributed by atoms with Crippen LogP contribution in [0.2, 0.25) is 0 Å². The first-order chi connectivity index (χ1) is 15.6. The van der Waals surface area contributed by atoms with Crippen LogP contribution in [0.25, 0.3) is 0 Å². The van der Waals surface area contributed by atoms with Crippen LogP contribution >= 0.6 is 0 Å². The molecule has 0 aromatic heterocycles. The van der Waals surface area contributed by atoms with E-state index in [-0.39, 0.29) is 11.9 Å². The fraction of sp³-hybridized carbons (Fsp3) is 0.652. The van der Waals surface area contributed by atoms with Crippen molar-refractivity contribution in [3.63, 3.8) is 0 Å². The summed E-state index contributed by atoms with van der Waals surface area (Å²) in [6, 6.07) is 8.53. The molecule has 0 bridgehead atoms. The molecule has 1 unspecified atom stereocenters. The van der Waals surface area contributed by atoms with Gasteiger partial charge in [0.2, 0.25) is 5.91 Å². The van der Waals surface area contributed by atoms with Gasteiger partial charge in [0.05, 0.1) is 26.4 Å². The van der Waals surface area contributed by atoms with E-state index in [1.54, 1.807) is 21.1 Å². The smallest absolute Gasteiger partial charge is 0.219 e. The maximum absolute atomic E-state index is 11.5. The topological polar surface area (TPSA) is 81.7 Å². The number of carbonyl (C=O) groups excluding carboxylic acids is 1. The van der Waals surface area contributed by atoms with Crippen molar-refractivity contribution in [2.24, 2.45) is 4.99 Å². The molecule has 2 N–H and O–H groups in total. The maximum atomic E-state index is 11.5. The molecule has 1 amide bonds. The molecule has 1 aromatic rings. The minimum absolute atomic E-state index is 0.166. The molecule has 1 aromatic carbocycles. The first-order valence-corrected chi connectivity index (χ1v) is 11.5. The summed E-state index contributed by atoms with van der Waals surface area (Å²) in [6.07, 6.45) is 0. The molecular formula is C23H38N6O3. The molecule has 9 heteroatoms. The van der Waals surface area contributed by atoms with Crippen molar-refractivity contribution in [3.05, 3.63) is 29.8 Å². The Bertz CT molecular complexity index is 728. The number of amides is 1. The van der Waals surface area contributed by atoms with Crippen LogP contribution in [0.4, 0.5) is 0 Å². The minimum atomic E-state index is 0.166. The summed E-state index contributed by atoms with van der Waals surface area (Å²) < 4.78 is 10.9. The van der Waals surface area contributed by atoms with Gasteiger partial charge in [-0.25, -0.2) is 0 Å². The van der Waals surface area contributed by atoms with E-state index in [4.69, 9.17) is 9.47 Å².